The molecule has 3 nitrogen and oxygen atoms in total. The van der Waals surface area contributed by atoms with Crippen LogP contribution in [0.2, 0.25) is 0 Å². The predicted molar refractivity (Wildman–Crippen MR) is 73.7 cm³/mol. The van der Waals surface area contributed by atoms with Crippen molar-refractivity contribution in [2.24, 2.45) is 0 Å². The van der Waals surface area contributed by atoms with E-state index < -0.39 is 0 Å². The molecule has 2 aromatic heterocycles. The summed E-state index contributed by atoms with van der Waals surface area (Å²) >= 11 is 0. The first-order valence-electron chi connectivity index (χ1n) is 6.34. The van der Waals surface area contributed by atoms with Gasteiger partial charge in [0.2, 0.25) is 0 Å². The van der Waals surface area contributed by atoms with E-state index in [1.54, 1.807) is 0 Å². The van der Waals surface area contributed by atoms with Crippen molar-refractivity contribution in [3.05, 3.63) is 47.0 Å². The van der Waals surface area contributed by atoms with Crippen LogP contribution in [0.5, 0.6) is 0 Å². The van der Waals surface area contributed by atoms with Gasteiger partial charge in [-0.25, -0.2) is 0 Å². The molecule has 2 heterocycles. The van der Waals surface area contributed by atoms with Gasteiger partial charge in [0.1, 0.15) is 0 Å². The Hall–Kier alpha value is -1.64. The molecule has 0 aliphatic heterocycles. The van der Waals surface area contributed by atoms with Gasteiger partial charge >= 0.3 is 0 Å². The predicted octanol–water partition coefficient (Wildman–Crippen LogP) is 3.24. The largest absolute Gasteiger partial charge is 0.263 e. The SMILES string of the molecule is Cc1nn(Cc2ccccn2)c(C)c1C(C)(C)C. The van der Waals surface area contributed by atoms with Crippen molar-refractivity contribution in [1.82, 2.24) is 14.8 Å². The second-order valence-corrected chi connectivity index (χ2v) is 5.77. The molecule has 0 saturated heterocycles. The normalized spacial score (nSPS) is 11.8. The lowest BCUT2D eigenvalue weighted by atomic mass is 9.85. The van der Waals surface area contributed by atoms with Crippen molar-refractivity contribution < 1.29 is 0 Å². The van der Waals surface area contributed by atoms with Gasteiger partial charge < -0.3 is 0 Å². The van der Waals surface area contributed by atoms with Gasteiger partial charge in [0.05, 0.1) is 17.9 Å². The van der Waals surface area contributed by atoms with E-state index in [1.807, 2.05) is 24.4 Å². The lowest BCUT2D eigenvalue weighted by Crippen LogP contribution is -2.14. The summed E-state index contributed by atoms with van der Waals surface area (Å²) in [6.07, 6.45) is 1.83. The van der Waals surface area contributed by atoms with Gasteiger partial charge in [-0.1, -0.05) is 26.8 Å². The standard InChI is InChI=1S/C15H21N3/c1-11-14(15(3,4)5)12(2)18(17-11)10-13-8-6-7-9-16-13/h6-9H,10H2,1-5H3. The molecule has 2 rings (SSSR count). The van der Waals surface area contributed by atoms with Crippen LogP contribution in [0.3, 0.4) is 0 Å². The first-order valence-corrected chi connectivity index (χ1v) is 6.34. The zero-order chi connectivity index (χ0) is 13.3. The highest BCUT2D eigenvalue weighted by Crippen LogP contribution is 2.28. The van der Waals surface area contributed by atoms with Crippen molar-refractivity contribution in [3.8, 4) is 0 Å². The van der Waals surface area contributed by atoms with E-state index in [0.717, 1.165) is 17.9 Å². The van der Waals surface area contributed by atoms with Crippen LogP contribution in [0.25, 0.3) is 0 Å². The molecule has 0 radical (unpaired) electrons. The van der Waals surface area contributed by atoms with Crippen molar-refractivity contribution in [2.75, 3.05) is 0 Å². The van der Waals surface area contributed by atoms with E-state index in [4.69, 9.17) is 0 Å². The summed E-state index contributed by atoms with van der Waals surface area (Å²) in [7, 11) is 0. The van der Waals surface area contributed by atoms with Gasteiger partial charge in [-0.15, -0.1) is 0 Å². The third-order valence-electron chi connectivity index (χ3n) is 3.17. The molecule has 0 aliphatic carbocycles. The fourth-order valence-corrected chi connectivity index (χ4v) is 2.58. The van der Waals surface area contributed by atoms with Crippen LogP contribution in [0.4, 0.5) is 0 Å². The second-order valence-electron chi connectivity index (χ2n) is 5.77. The van der Waals surface area contributed by atoms with Crippen molar-refractivity contribution >= 4 is 0 Å². The summed E-state index contributed by atoms with van der Waals surface area (Å²) in [6.45, 7) is 11.7. The Morgan fingerprint density at radius 1 is 1.17 bits per heavy atom. The fourth-order valence-electron chi connectivity index (χ4n) is 2.58. The van der Waals surface area contributed by atoms with Crippen LogP contribution < -0.4 is 0 Å². The minimum absolute atomic E-state index is 0.135. The maximum atomic E-state index is 4.65. The molecule has 18 heavy (non-hydrogen) atoms. The molecule has 0 N–H and O–H groups in total. The van der Waals surface area contributed by atoms with Crippen molar-refractivity contribution in [2.45, 2.75) is 46.6 Å². The summed E-state index contributed by atoms with van der Waals surface area (Å²) < 4.78 is 2.05. The molecule has 0 saturated carbocycles. The average Bonchev–Trinajstić information content (AvgIpc) is 2.54. The van der Waals surface area contributed by atoms with E-state index in [2.05, 4.69) is 49.4 Å². The highest BCUT2D eigenvalue weighted by molar-refractivity contribution is 5.31. The van der Waals surface area contributed by atoms with Crippen LogP contribution in [0.15, 0.2) is 24.4 Å². The molecular weight excluding hydrogens is 222 g/mol. The molecule has 0 atom stereocenters. The zero-order valence-electron chi connectivity index (χ0n) is 11.9. The Labute approximate surface area is 109 Å². The van der Waals surface area contributed by atoms with Gasteiger partial charge in [-0.3, -0.25) is 9.67 Å². The van der Waals surface area contributed by atoms with Crippen molar-refractivity contribution in [1.29, 1.82) is 0 Å². The molecule has 0 unspecified atom stereocenters. The van der Waals surface area contributed by atoms with E-state index in [9.17, 15) is 0 Å². The van der Waals surface area contributed by atoms with E-state index in [1.165, 1.54) is 11.3 Å². The van der Waals surface area contributed by atoms with Gasteiger partial charge in [0.15, 0.2) is 0 Å². The van der Waals surface area contributed by atoms with Crippen LogP contribution >= 0.6 is 0 Å². The monoisotopic (exact) mass is 243 g/mol. The molecule has 0 fully saturated rings. The highest BCUT2D eigenvalue weighted by Gasteiger charge is 2.23. The van der Waals surface area contributed by atoms with E-state index >= 15 is 0 Å². The summed E-state index contributed by atoms with van der Waals surface area (Å²) in [6, 6.07) is 5.98. The summed E-state index contributed by atoms with van der Waals surface area (Å²) in [4.78, 5) is 4.36. The van der Waals surface area contributed by atoms with Gasteiger partial charge in [-0.05, 0) is 31.4 Å². The highest BCUT2D eigenvalue weighted by atomic mass is 15.3. The molecule has 0 spiro atoms. The number of nitrogens with zero attached hydrogens (tertiary/aromatic N) is 3. The maximum absolute atomic E-state index is 4.65. The molecule has 0 bridgehead atoms. The Kier molecular flexibility index (Phi) is 3.24. The van der Waals surface area contributed by atoms with Crippen molar-refractivity contribution in [3.63, 3.8) is 0 Å². The van der Waals surface area contributed by atoms with Crippen LogP contribution in [0, 0.1) is 13.8 Å². The van der Waals surface area contributed by atoms with Gasteiger partial charge in [-0.2, -0.15) is 5.10 Å². The van der Waals surface area contributed by atoms with Gasteiger partial charge in [0.25, 0.3) is 0 Å². The Morgan fingerprint density at radius 3 is 2.39 bits per heavy atom. The molecule has 0 amide bonds. The van der Waals surface area contributed by atoms with E-state index in [0.29, 0.717) is 0 Å². The third-order valence-corrected chi connectivity index (χ3v) is 3.17. The Morgan fingerprint density at radius 2 is 1.89 bits per heavy atom. The Bertz CT molecular complexity index is 533. The second kappa shape index (κ2) is 4.56. The molecule has 96 valence electrons. The molecule has 0 aromatic carbocycles. The lowest BCUT2D eigenvalue weighted by Gasteiger charge is -2.19. The minimum atomic E-state index is 0.135. The smallest absolute Gasteiger partial charge is 0.0834 e. The summed E-state index contributed by atoms with van der Waals surface area (Å²) in [5, 5.41) is 4.65. The molecule has 3 heteroatoms. The van der Waals surface area contributed by atoms with Crippen LogP contribution in [-0.2, 0) is 12.0 Å². The number of rotatable bonds is 2. The summed E-state index contributed by atoms with van der Waals surface area (Å²) in [5.41, 5.74) is 4.89. The minimum Gasteiger partial charge on any atom is -0.263 e. The topological polar surface area (TPSA) is 30.7 Å². The molecule has 2 aromatic rings. The Balaban J connectivity index is 2.37. The van der Waals surface area contributed by atoms with Crippen LogP contribution in [0.1, 0.15) is 43.4 Å². The quantitative estimate of drug-likeness (QED) is 0.810. The first-order chi connectivity index (χ1) is 8.39. The lowest BCUT2D eigenvalue weighted by molar-refractivity contribution is 0.577. The van der Waals surface area contributed by atoms with Crippen LogP contribution in [-0.4, -0.2) is 14.8 Å². The number of pyridine rings is 1. The maximum Gasteiger partial charge on any atom is 0.0834 e. The number of aryl methyl sites for hydroxylation is 1. The third kappa shape index (κ3) is 2.45. The summed E-state index contributed by atoms with van der Waals surface area (Å²) in [5.74, 6) is 0. The first kappa shape index (κ1) is 12.8. The van der Waals surface area contributed by atoms with E-state index in [-0.39, 0.29) is 5.41 Å². The number of hydrogen-bond acceptors (Lipinski definition) is 2. The fraction of sp³-hybridized carbons (Fsp3) is 0.467. The average molecular weight is 243 g/mol. The molecular formula is C15H21N3. The van der Waals surface area contributed by atoms with Gasteiger partial charge in [0, 0.05) is 17.5 Å². The molecule has 0 aliphatic rings. The number of aromatic nitrogens is 3. The zero-order valence-corrected chi connectivity index (χ0v) is 11.9. The number of hydrogen-bond donors (Lipinski definition) is 0.